The molecule has 2 unspecified atom stereocenters. The zero-order valence-corrected chi connectivity index (χ0v) is 28.7. The Hall–Kier alpha value is -5.19. The van der Waals surface area contributed by atoms with E-state index in [1.807, 2.05) is 20.2 Å². The predicted molar refractivity (Wildman–Crippen MR) is 177 cm³/mol. The number of benzene rings is 2. The number of ether oxygens (including phenoxy) is 2. The third-order valence-electron chi connectivity index (χ3n) is 6.88. The van der Waals surface area contributed by atoms with Gasteiger partial charge in [0.1, 0.15) is 12.6 Å². The Morgan fingerprint density at radius 1 is 1.18 bits per heavy atom. The molecule has 2 aromatic carbocycles. The number of hydrogen-bond acceptors (Lipinski definition) is 8. The summed E-state index contributed by atoms with van der Waals surface area (Å²) in [7, 11) is 5.11. The first kappa shape index (κ1) is 40.0. The first-order chi connectivity index (χ1) is 23.1. The van der Waals surface area contributed by atoms with Crippen LogP contribution in [0, 0.1) is 28.6 Å². The normalized spacial score (nSPS) is 14.9. The van der Waals surface area contributed by atoms with Gasteiger partial charge in [-0.2, -0.15) is 18.4 Å². The van der Waals surface area contributed by atoms with E-state index in [9.17, 15) is 37.6 Å². The number of rotatable bonds is 9. The summed E-state index contributed by atoms with van der Waals surface area (Å²) >= 11 is 0. The standard InChI is InChI=1S/C31H33F3N6O4S.C2H4O2/c1-20-26(28(41)44-4)27(25-13-12-21(19-35)17-22(25)9-7-15-38(2)3)40(30(42)37-14-8-16-45(5)43)29(36)39(20)24-11-6-10-23(18-24)31(32,33)34;1-4-2-3/h6,10-13,17-18,27,36H,8,14-16H2,1-5H3,(H,37,42);2H,1H3/p+1. The molecule has 1 aliphatic heterocycles. The minimum Gasteiger partial charge on any atom is -0.471 e. The Bertz CT molecular complexity index is 1710. The number of nitrogens with zero attached hydrogens (tertiary/aromatic N) is 3. The van der Waals surface area contributed by atoms with Crippen LogP contribution in [0.1, 0.15) is 41.6 Å². The summed E-state index contributed by atoms with van der Waals surface area (Å²) in [6.07, 6.45) is -2.83. The quantitative estimate of drug-likeness (QED) is 0.156. The number of allylic oxidation sites excluding steroid dienone is 1. The zero-order valence-electron chi connectivity index (χ0n) is 27.9. The monoisotopic (exact) mass is 703 g/mol. The minimum atomic E-state index is -4.69. The second-order valence-electron chi connectivity index (χ2n) is 10.8. The molecule has 1 aliphatic rings. The van der Waals surface area contributed by atoms with Gasteiger partial charge in [-0.05, 0) is 55.2 Å². The van der Waals surface area contributed by atoms with Crippen molar-refractivity contribution >= 4 is 40.9 Å². The highest BCUT2D eigenvalue weighted by Crippen LogP contribution is 2.42. The number of carbonyl (C=O) groups is 3. The number of halogens is 3. The number of amides is 2. The molecule has 12 nitrogen and oxygen atoms in total. The van der Waals surface area contributed by atoms with Crippen LogP contribution in [0.5, 0.6) is 0 Å². The van der Waals surface area contributed by atoms with E-state index in [4.69, 9.17) is 9.53 Å². The SMILES string of the molecule is COC(=O)C1=C(C)N(c2cccc(C(F)(F)F)c2)C(=N)N(C(=O)NCCCS(C)=O)C1c1ccc(C#N)cc1C#CC[NH+](C)C.COC=O. The van der Waals surface area contributed by atoms with Gasteiger partial charge >= 0.3 is 18.2 Å². The summed E-state index contributed by atoms with van der Waals surface area (Å²) in [5.74, 6) is 4.91. The second-order valence-corrected chi connectivity index (χ2v) is 12.3. The predicted octanol–water partition coefficient (Wildman–Crippen LogP) is 2.59. The molecule has 2 atom stereocenters. The van der Waals surface area contributed by atoms with Crippen molar-refractivity contribution in [1.29, 1.82) is 10.7 Å². The van der Waals surface area contributed by atoms with Gasteiger partial charge in [-0.25, -0.2) is 9.59 Å². The summed E-state index contributed by atoms with van der Waals surface area (Å²) in [6.45, 7) is 2.33. The van der Waals surface area contributed by atoms with Gasteiger partial charge in [-0.15, -0.1) is 0 Å². The number of urea groups is 1. The lowest BCUT2D eigenvalue weighted by Crippen LogP contribution is -3.05. The number of guanidine groups is 1. The second kappa shape index (κ2) is 18.4. The molecular weight excluding hydrogens is 665 g/mol. The molecule has 0 aromatic heterocycles. The van der Waals surface area contributed by atoms with Crippen LogP contribution in [0.25, 0.3) is 0 Å². The fourth-order valence-electron chi connectivity index (χ4n) is 4.70. The van der Waals surface area contributed by atoms with Gasteiger partial charge in [0.2, 0.25) is 5.96 Å². The molecular formula is C33H38F3N6O6S+. The third kappa shape index (κ3) is 10.7. The highest BCUT2D eigenvalue weighted by atomic mass is 32.2. The van der Waals surface area contributed by atoms with Crippen LogP contribution >= 0.6 is 0 Å². The van der Waals surface area contributed by atoms with E-state index in [0.29, 0.717) is 36.3 Å². The highest BCUT2D eigenvalue weighted by molar-refractivity contribution is 7.84. The molecule has 3 N–H and O–H groups in total. The molecule has 1 heterocycles. The molecule has 49 heavy (non-hydrogen) atoms. The molecule has 16 heteroatoms. The van der Waals surface area contributed by atoms with Crippen molar-refractivity contribution in [1.82, 2.24) is 10.2 Å². The maximum Gasteiger partial charge on any atom is 0.416 e. The molecule has 2 aromatic rings. The topological polar surface area (TPSA) is 157 Å². The van der Waals surface area contributed by atoms with E-state index in [1.54, 1.807) is 0 Å². The van der Waals surface area contributed by atoms with E-state index in [0.717, 1.165) is 33.9 Å². The number of carbonyl (C=O) groups excluding carboxylic acids is 3. The van der Waals surface area contributed by atoms with Crippen LogP contribution in [0.4, 0.5) is 23.7 Å². The van der Waals surface area contributed by atoms with Gasteiger partial charge in [0.25, 0.3) is 6.47 Å². The van der Waals surface area contributed by atoms with Crippen molar-refractivity contribution in [2.24, 2.45) is 0 Å². The lowest BCUT2D eigenvalue weighted by Gasteiger charge is -2.43. The summed E-state index contributed by atoms with van der Waals surface area (Å²) in [5.41, 5.74) is -0.286. The molecule has 262 valence electrons. The summed E-state index contributed by atoms with van der Waals surface area (Å²) in [5, 5.41) is 21.4. The smallest absolute Gasteiger partial charge is 0.416 e. The number of nitriles is 1. The van der Waals surface area contributed by atoms with Crippen LogP contribution in [0.3, 0.4) is 0 Å². The molecule has 0 fully saturated rings. The molecule has 2 amide bonds. The molecule has 0 saturated heterocycles. The molecule has 3 rings (SSSR count). The van der Waals surface area contributed by atoms with Gasteiger partial charge in [0, 0.05) is 46.3 Å². The minimum absolute atomic E-state index is 0.0580. The first-order valence-electron chi connectivity index (χ1n) is 14.6. The number of esters is 1. The Labute approximate surface area is 285 Å². The van der Waals surface area contributed by atoms with Crippen LogP contribution < -0.4 is 15.1 Å². The largest absolute Gasteiger partial charge is 0.471 e. The Morgan fingerprint density at radius 3 is 2.41 bits per heavy atom. The van der Waals surface area contributed by atoms with Crippen molar-refractivity contribution in [2.45, 2.75) is 25.6 Å². The Morgan fingerprint density at radius 2 is 1.86 bits per heavy atom. The lowest BCUT2D eigenvalue weighted by molar-refractivity contribution is -0.850. The van der Waals surface area contributed by atoms with Gasteiger partial charge < -0.3 is 19.7 Å². The van der Waals surface area contributed by atoms with Crippen LogP contribution in [0.15, 0.2) is 53.7 Å². The van der Waals surface area contributed by atoms with Crippen molar-refractivity contribution < 1.29 is 46.1 Å². The molecule has 0 saturated carbocycles. The van der Waals surface area contributed by atoms with Crippen molar-refractivity contribution in [2.75, 3.05) is 58.3 Å². The Kier molecular flexibility index (Phi) is 15.0. The van der Waals surface area contributed by atoms with Gasteiger partial charge in [-0.1, -0.05) is 18.1 Å². The lowest BCUT2D eigenvalue weighted by atomic mass is 9.89. The number of hydrogen-bond donors (Lipinski definition) is 3. The fraction of sp³-hybridized carbons (Fsp3) is 0.364. The van der Waals surface area contributed by atoms with E-state index in [1.165, 1.54) is 50.6 Å². The van der Waals surface area contributed by atoms with Crippen molar-refractivity contribution in [3.63, 3.8) is 0 Å². The van der Waals surface area contributed by atoms with Gasteiger partial charge in [0.05, 0.1) is 51.1 Å². The van der Waals surface area contributed by atoms with Crippen molar-refractivity contribution in [3.05, 3.63) is 76.0 Å². The van der Waals surface area contributed by atoms with Gasteiger partial charge in [-0.3, -0.25) is 24.2 Å². The van der Waals surface area contributed by atoms with E-state index in [2.05, 4.69) is 21.9 Å². The Balaban J connectivity index is 0.00000197. The van der Waals surface area contributed by atoms with Crippen molar-refractivity contribution in [3.8, 4) is 17.9 Å². The van der Waals surface area contributed by atoms with Crippen LogP contribution in [-0.2, 0) is 36.0 Å². The van der Waals surface area contributed by atoms with Gasteiger partial charge in [0.15, 0.2) is 0 Å². The number of methoxy groups -OCH3 is 2. The fourth-order valence-corrected chi connectivity index (χ4v) is 5.25. The average Bonchev–Trinajstić information content (AvgIpc) is 3.05. The summed E-state index contributed by atoms with van der Waals surface area (Å²) < 4.78 is 61.5. The number of alkyl halides is 3. The zero-order chi connectivity index (χ0) is 36.9. The molecule has 0 spiro atoms. The van der Waals surface area contributed by atoms with E-state index < -0.39 is 46.5 Å². The molecule has 0 radical (unpaired) electrons. The maximum atomic E-state index is 13.9. The number of quaternary nitrogens is 1. The maximum absolute atomic E-state index is 13.9. The van der Waals surface area contributed by atoms with Crippen LogP contribution in [0.2, 0.25) is 0 Å². The first-order valence-corrected chi connectivity index (χ1v) is 16.4. The number of nitrogens with one attached hydrogen (secondary N) is 3. The highest BCUT2D eigenvalue weighted by Gasteiger charge is 2.45. The van der Waals surface area contributed by atoms with E-state index >= 15 is 0 Å². The average molecular weight is 704 g/mol. The summed E-state index contributed by atoms with van der Waals surface area (Å²) in [4.78, 5) is 39.3. The summed E-state index contributed by atoms with van der Waals surface area (Å²) in [6, 6.07) is 8.61. The van der Waals surface area contributed by atoms with Crippen LogP contribution in [-0.4, -0.2) is 87.0 Å². The molecule has 0 aliphatic carbocycles. The molecule has 0 bridgehead atoms. The van der Waals surface area contributed by atoms with E-state index in [-0.39, 0.29) is 29.1 Å². The number of anilines is 1. The third-order valence-corrected chi connectivity index (χ3v) is 7.74.